The van der Waals surface area contributed by atoms with Gasteiger partial charge in [0.05, 0.1) is 0 Å². The number of benzene rings is 1. The molecular formula is C13H19NO. The molecule has 1 aromatic rings. The van der Waals surface area contributed by atoms with Gasteiger partial charge in [0.1, 0.15) is 0 Å². The van der Waals surface area contributed by atoms with Crippen LogP contribution in [0.5, 0.6) is 0 Å². The second-order valence-electron chi connectivity index (χ2n) is 4.54. The summed E-state index contributed by atoms with van der Waals surface area (Å²) in [7, 11) is 0. The maximum absolute atomic E-state index is 9.03. The fourth-order valence-electron chi connectivity index (χ4n) is 2.21. The van der Waals surface area contributed by atoms with Crippen molar-refractivity contribution >= 4 is 0 Å². The first-order chi connectivity index (χ1) is 7.29. The Morgan fingerprint density at radius 3 is 2.80 bits per heavy atom. The summed E-state index contributed by atoms with van der Waals surface area (Å²) in [6, 6.07) is 8.66. The molecule has 0 fully saturated rings. The zero-order valence-electron chi connectivity index (χ0n) is 9.32. The van der Waals surface area contributed by atoms with Gasteiger partial charge in [-0.15, -0.1) is 0 Å². The lowest BCUT2D eigenvalue weighted by molar-refractivity contribution is 0.164. The third-order valence-electron chi connectivity index (χ3n) is 3.09. The second kappa shape index (κ2) is 4.77. The van der Waals surface area contributed by atoms with Crippen molar-refractivity contribution in [2.75, 3.05) is 19.7 Å². The van der Waals surface area contributed by atoms with Gasteiger partial charge in [0, 0.05) is 26.2 Å². The molecule has 0 aromatic heterocycles. The molecule has 0 amide bonds. The minimum atomic E-state index is 0.290. The third-order valence-corrected chi connectivity index (χ3v) is 3.09. The van der Waals surface area contributed by atoms with Crippen LogP contribution >= 0.6 is 0 Å². The zero-order chi connectivity index (χ0) is 10.7. The van der Waals surface area contributed by atoms with Gasteiger partial charge < -0.3 is 5.11 Å². The van der Waals surface area contributed by atoms with E-state index in [9.17, 15) is 0 Å². The minimum absolute atomic E-state index is 0.290. The molecule has 1 N–H and O–H groups in total. The van der Waals surface area contributed by atoms with E-state index in [0.29, 0.717) is 5.92 Å². The molecule has 0 spiro atoms. The Morgan fingerprint density at radius 2 is 2.07 bits per heavy atom. The standard InChI is InChI=1S/C13H19NO/c1-11(10-15)8-14-7-6-12-4-2-3-5-13(12)9-14/h2-5,11,15H,6-10H2,1H3. The van der Waals surface area contributed by atoms with Gasteiger partial charge in [-0.1, -0.05) is 31.2 Å². The van der Waals surface area contributed by atoms with Gasteiger partial charge in [-0.2, -0.15) is 0 Å². The summed E-state index contributed by atoms with van der Waals surface area (Å²) in [5.41, 5.74) is 2.94. The fraction of sp³-hybridized carbons (Fsp3) is 0.538. The van der Waals surface area contributed by atoms with Crippen LogP contribution in [0.15, 0.2) is 24.3 Å². The molecule has 0 bridgehead atoms. The highest BCUT2D eigenvalue weighted by atomic mass is 16.3. The Morgan fingerprint density at radius 1 is 1.33 bits per heavy atom. The Balaban J connectivity index is 1.99. The maximum atomic E-state index is 9.03. The molecule has 15 heavy (non-hydrogen) atoms. The Kier molecular flexibility index (Phi) is 3.39. The van der Waals surface area contributed by atoms with E-state index in [1.54, 1.807) is 0 Å². The number of hydrogen-bond donors (Lipinski definition) is 1. The summed E-state index contributed by atoms with van der Waals surface area (Å²) < 4.78 is 0. The zero-order valence-corrected chi connectivity index (χ0v) is 9.32. The van der Waals surface area contributed by atoms with Crippen LogP contribution in [0.3, 0.4) is 0 Å². The molecule has 1 aliphatic rings. The molecule has 2 nitrogen and oxygen atoms in total. The van der Waals surface area contributed by atoms with E-state index in [-0.39, 0.29) is 6.61 Å². The second-order valence-corrected chi connectivity index (χ2v) is 4.54. The van der Waals surface area contributed by atoms with Crippen LogP contribution in [-0.4, -0.2) is 29.7 Å². The van der Waals surface area contributed by atoms with Crippen LogP contribution in [0.4, 0.5) is 0 Å². The van der Waals surface area contributed by atoms with Gasteiger partial charge in [-0.3, -0.25) is 4.90 Å². The molecule has 1 unspecified atom stereocenters. The average molecular weight is 205 g/mol. The normalized spacial score (nSPS) is 18.5. The molecule has 82 valence electrons. The number of rotatable bonds is 3. The van der Waals surface area contributed by atoms with E-state index >= 15 is 0 Å². The lowest BCUT2D eigenvalue weighted by Gasteiger charge is -2.30. The Labute approximate surface area is 91.5 Å². The monoisotopic (exact) mass is 205 g/mol. The third kappa shape index (κ3) is 2.58. The largest absolute Gasteiger partial charge is 0.396 e. The van der Waals surface area contributed by atoms with Gasteiger partial charge in [-0.05, 0) is 23.5 Å². The van der Waals surface area contributed by atoms with E-state index in [0.717, 1.165) is 26.1 Å². The summed E-state index contributed by atoms with van der Waals surface area (Å²) in [5.74, 6) is 0.385. The van der Waals surface area contributed by atoms with Crippen molar-refractivity contribution in [1.29, 1.82) is 0 Å². The van der Waals surface area contributed by atoms with Gasteiger partial charge in [0.15, 0.2) is 0 Å². The highest BCUT2D eigenvalue weighted by molar-refractivity contribution is 5.28. The van der Waals surface area contributed by atoms with E-state index < -0.39 is 0 Å². The molecule has 2 heteroatoms. The Bertz CT molecular complexity index is 324. The molecule has 0 aliphatic carbocycles. The van der Waals surface area contributed by atoms with Crippen molar-refractivity contribution in [3.8, 4) is 0 Å². The molecule has 0 radical (unpaired) electrons. The molecule has 1 atom stereocenters. The molecule has 0 saturated carbocycles. The first kappa shape index (κ1) is 10.7. The van der Waals surface area contributed by atoms with Gasteiger partial charge >= 0.3 is 0 Å². The lowest BCUT2D eigenvalue weighted by Crippen LogP contribution is -2.34. The van der Waals surface area contributed by atoms with Gasteiger partial charge in [0.25, 0.3) is 0 Å². The van der Waals surface area contributed by atoms with E-state index in [1.807, 2.05) is 0 Å². The summed E-state index contributed by atoms with van der Waals surface area (Å²) in [6.07, 6.45) is 1.15. The fourth-order valence-corrected chi connectivity index (χ4v) is 2.21. The van der Waals surface area contributed by atoms with Crippen LogP contribution in [0, 0.1) is 5.92 Å². The van der Waals surface area contributed by atoms with Crippen molar-refractivity contribution in [2.45, 2.75) is 19.9 Å². The highest BCUT2D eigenvalue weighted by Gasteiger charge is 2.16. The topological polar surface area (TPSA) is 23.5 Å². The predicted octanol–water partition coefficient (Wildman–Crippen LogP) is 1.67. The highest BCUT2D eigenvalue weighted by Crippen LogP contribution is 2.18. The van der Waals surface area contributed by atoms with Crippen LogP contribution in [-0.2, 0) is 13.0 Å². The summed E-state index contributed by atoms with van der Waals surface area (Å²) >= 11 is 0. The van der Waals surface area contributed by atoms with Crippen molar-refractivity contribution in [3.63, 3.8) is 0 Å². The van der Waals surface area contributed by atoms with Crippen molar-refractivity contribution in [1.82, 2.24) is 4.90 Å². The molecule has 1 heterocycles. The maximum Gasteiger partial charge on any atom is 0.0468 e. The minimum Gasteiger partial charge on any atom is -0.396 e. The lowest BCUT2D eigenvalue weighted by atomic mass is 9.99. The molecular weight excluding hydrogens is 186 g/mol. The SMILES string of the molecule is CC(CO)CN1CCc2ccccc2C1. The van der Waals surface area contributed by atoms with E-state index in [1.165, 1.54) is 11.1 Å². The van der Waals surface area contributed by atoms with E-state index in [4.69, 9.17) is 5.11 Å². The number of aliphatic hydroxyl groups excluding tert-OH is 1. The van der Waals surface area contributed by atoms with Crippen molar-refractivity contribution in [2.24, 2.45) is 5.92 Å². The smallest absolute Gasteiger partial charge is 0.0468 e. The van der Waals surface area contributed by atoms with Crippen LogP contribution in [0.25, 0.3) is 0 Å². The van der Waals surface area contributed by atoms with Crippen LogP contribution < -0.4 is 0 Å². The predicted molar refractivity (Wildman–Crippen MR) is 61.7 cm³/mol. The quantitative estimate of drug-likeness (QED) is 0.811. The number of hydrogen-bond acceptors (Lipinski definition) is 2. The summed E-state index contributed by atoms with van der Waals surface area (Å²) in [5, 5.41) is 9.03. The molecule has 1 aliphatic heterocycles. The number of nitrogens with zero attached hydrogens (tertiary/aromatic N) is 1. The first-order valence-corrected chi connectivity index (χ1v) is 5.69. The first-order valence-electron chi connectivity index (χ1n) is 5.69. The number of fused-ring (bicyclic) bond motifs is 1. The van der Waals surface area contributed by atoms with Crippen molar-refractivity contribution < 1.29 is 5.11 Å². The number of aliphatic hydroxyl groups is 1. The Hall–Kier alpha value is -0.860. The average Bonchev–Trinajstić information content (AvgIpc) is 2.29. The van der Waals surface area contributed by atoms with Crippen LogP contribution in [0.2, 0.25) is 0 Å². The van der Waals surface area contributed by atoms with Gasteiger partial charge in [-0.25, -0.2) is 0 Å². The van der Waals surface area contributed by atoms with Gasteiger partial charge in [0.2, 0.25) is 0 Å². The molecule has 2 rings (SSSR count). The van der Waals surface area contributed by atoms with Crippen LogP contribution in [0.1, 0.15) is 18.1 Å². The summed E-state index contributed by atoms with van der Waals surface area (Å²) in [6.45, 7) is 5.56. The van der Waals surface area contributed by atoms with Crippen molar-refractivity contribution in [3.05, 3.63) is 35.4 Å². The summed E-state index contributed by atoms with van der Waals surface area (Å²) in [4.78, 5) is 2.43. The molecule has 1 aromatic carbocycles. The molecule has 0 saturated heterocycles. The van der Waals surface area contributed by atoms with E-state index in [2.05, 4.69) is 36.1 Å².